The molecule has 0 aliphatic rings. The van der Waals surface area contributed by atoms with E-state index in [4.69, 9.17) is 0 Å². The van der Waals surface area contributed by atoms with E-state index in [1.54, 1.807) is 0 Å². The van der Waals surface area contributed by atoms with Crippen molar-refractivity contribution in [1.29, 1.82) is 0 Å². The van der Waals surface area contributed by atoms with Crippen LogP contribution in [0, 0.1) is 0 Å². The standard InChI is InChI=1S/C19H18O3/c20-17(13-11-15-7-3-1-4-8-15)19(22)18(21)14-12-16-9-5-2-6-10-16/h1-10H,11-14H2. The molecule has 0 saturated carbocycles. The molecule has 0 spiro atoms. The molecule has 0 N–H and O–H groups in total. The number of Topliss-reactive ketones (excluding diaryl/α,β-unsaturated/α-hetero) is 3. The highest BCUT2D eigenvalue weighted by molar-refractivity contribution is 6.63. The molecule has 0 heterocycles. The largest absolute Gasteiger partial charge is 0.290 e. The van der Waals surface area contributed by atoms with E-state index in [0.717, 1.165) is 11.1 Å². The summed E-state index contributed by atoms with van der Waals surface area (Å²) in [6, 6.07) is 18.9. The van der Waals surface area contributed by atoms with Gasteiger partial charge < -0.3 is 0 Å². The average Bonchev–Trinajstić information content (AvgIpc) is 2.58. The molecule has 2 aromatic carbocycles. The fourth-order valence-electron chi connectivity index (χ4n) is 2.19. The van der Waals surface area contributed by atoms with E-state index in [9.17, 15) is 14.4 Å². The molecule has 3 nitrogen and oxygen atoms in total. The summed E-state index contributed by atoms with van der Waals surface area (Å²) in [5.41, 5.74) is 1.97. The number of carbonyl (C=O) groups is 3. The Labute approximate surface area is 130 Å². The summed E-state index contributed by atoms with van der Waals surface area (Å²) in [7, 11) is 0. The van der Waals surface area contributed by atoms with E-state index in [-0.39, 0.29) is 12.8 Å². The maximum Gasteiger partial charge on any atom is 0.264 e. The van der Waals surface area contributed by atoms with Crippen LogP contribution in [0.3, 0.4) is 0 Å². The first-order chi connectivity index (χ1) is 10.7. The van der Waals surface area contributed by atoms with Crippen molar-refractivity contribution >= 4 is 17.3 Å². The number of benzene rings is 2. The summed E-state index contributed by atoms with van der Waals surface area (Å²) in [5, 5.41) is 0. The number of carbonyl (C=O) groups excluding carboxylic acids is 3. The van der Waals surface area contributed by atoms with Gasteiger partial charge in [0.1, 0.15) is 0 Å². The molecule has 0 saturated heterocycles. The molecule has 0 unspecified atom stereocenters. The number of hydrogen-bond donors (Lipinski definition) is 0. The molecule has 0 bridgehead atoms. The zero-order valence-corrected chi connectivity index (χ0v) is 12.3. The monoisotopic (exact) mass is 294 g/mol. The van der Waals surface area contributed by atoms with Gasteiger partial charge in [-0.3, -0.25) is 14.4 Å². The third-order valence-electron chi connectivity index (χ3n) is 3.47. The lowest BCUT2D eigenvalue weighted by atomic mass is 10.0. The number of rotatable bonds is 8. The summed E-state index contributed by atoms with van der Waals surface area (Å²) in [5.74, 6) is -2.06. The fourth-order valence-corrected chi connectivity index (χ4v) is 2.19. The molecule has 0 aromatic heterocycles. The second-order valence-electron chi connectivity index (χ2n) is 5.15. The Bertz CT molecular complexity index is 587. The number of hydrogen-bond acceptors (Lipinski definition) is 3. The van der Waals surface area contributed by atoms with Gasteiger partial charge in [-0.1, -0.05) is 60.7 Å². The van der Waals surface area contributed by atoms with E-state index in [1.807, 2.05) is 60.7 Å². The lowest BCUT2D eigenvalue weighted by Gasteiger charge is -2.02. The highest BCUT2D eigenvalue weighted by Crippen LogP contribution is 2.06. The van der Waals surface area contributed by atoms with Crippen LogP contribution in [0.5, 0.6) is 0 Å². The SMILES string of the molecule is O=C(CCc1ccccc1)C(=O)C(=O)CCc1ccccc1. The Morgan fingerprint density at radius 3 is 1.32 bits per heavy atom. The maximum absolute atomic E-state index is 11.8. The zero-order chi connectivity index (χ0) is 15.8. The molecular weight excluding hydrogens is 276 g/mol. The Morgan fingerprint density at radius 1 is 0.591 bits per heavy atom. The second-order valence-corrected chi connectivity index (χ2v) is 5.15. The summed E-state index contributed by atoms with van der Waals surface area (Å²) in [6.45, 7) is 0. The Balaban J connectivity index is 1.80. The van der Waals surface area contributed by atoms with Gasteiger partial charge >= 0.3 is 0 Å². The van der Waals surface area contributed by atoms with Gasteiger partial charge in [-0.25, -0.2) is 0 Å². The average molecular weight is 294 g/mol. The van der Waals surface area contributed by atoms with Crippen molar-refractivity contribution in [2.45, 2.75) is 25.7 Å². The van der Waals surface area contributed by atoms with Crippen molar-refractivity contribution in [2.24, 2.45) is 0 Å². The van der Waals surface area contributed by atoms with E-state index >= 15 is 0 Å². The minimum Gasteiger partial charge on any atom is -0.290 e. The van der Waals surface area contributed by atoms with Gasteiger partial charge in [0.05, 0.1) is 0 Å². The van der Waals surface area contributed by atoms with Crippen LogP contribution < -0.4 is 0 Å². The first-order valence-electron chi connectivity index (χ1n) is 7.35. The third kappa shape index (κ3) is 4.77. The predicted molar refractivity (Wildman–Crippen MR) is 84.5 cm³/mol. The molecule has 0 fully saturated rings. The van der Waals surface area contributed by atoms with Crippen LogP contribution in [-0.4, -0.2) is 17.3 Å². The summed E-state index contributed by atoms with van der Waals surface area (Å²) < 4.78 is 0. The predicted octanol–water partition coefficient (Wildman–Crippen LogP) is 2.96. The zero-order valence-electron chi connectivity index (χ0n) is 12.3. The van der Waals surface area contributed by atoms with Crippen LogP contribution in [0.4, 0.5) is 0 Å². The third-order valence-corrected chi connectivity index (χ3v) is 3.47. The molecular formula is C19H18O3. The topological polar surface area (TPSA) is 51.2 Å². The summed E-state index contributed by atoms with van der Waals surface area (Å²) in [4.78, 5) is 35.4. The van der Waals surface area contributed by atoms with E-state index in [1.165, 1.54) is 0 Å². The van der Waals surface area contributed by atoms with Crippen LogP contribution in [0.2, 0.25) is 0 Å². The normalized spacial score (nSPS) is 10.2. The first kappa shape index (κ1) is 15.8. The molecule has 22 heavy (non-hydrogen) atoms. The van der Waals surface area contributed by atoms with E-state index in [0.29, 0.717) is 12.8 Å². The minimum atomic E-state index is -0.869. The van der Waals surface area contributed by atoms with Crippen molar-refractivity contribution in [1.82, 2.24) is 0 Å². The lowest BCUT2D eigenvalue weighted by molar-refractivity contribution is -0.144. The van der Waals surface area contributed by atoms with Gasteiger partial charge in [0.2, 0.25) is 11.6 Å². The molecule has 0 aliphatic carbocycles. The number of aryl methyl sites for hydroxylation is 2. The fraction of sp³-hybridized carbons (Fsp3) is 0.211. The number of ketones is 3. The highest BCUT2D eigenvalue weighted by Gasteiger charge is 2.21. The van der Waals surface area contributed by atoms with Crippen LogP contribution in [0.1, 0.15) is 24.0 Å². The van der Waals surface area contributed by atoms with Crippen molar-refractivity contribution in [2.75, 3.05) is 0 Å². The van der Waals surface area contributed by atoms with Gasteiger partial charge in [-0.15, -0.1) is 0 Å². The highest BCUT2D eigenvalue weighted by atomic mass is 16.2. The van der Waals surface area contributed by atoms with Crippen LogP contribution in [0.25, 0.3) is 0 Å². The van der Waals surface area contributed by atoms with E-state index < -0.39 is 17.3 Å². The molecule has 0 radical (unpaired) electrons. The molecule has 0 aliphatic heterocycles. The Kier molecular flexibility index (Phi) is 5.78. The lowest BCUT2D eigenvalue weighted by Crippen LogP contribution is -2.24. The van der Waals surface area contributed by atoms with Crippen LogP contribution in [-0.2, 0) is 27.2 Å². The summed E-state index contributed by atoms with van der Waals surface area (Å²) >= 11 is 0. The van der Waals surface area contributed by atoms with Crippen molar-refractivity contribution in [3.05, 3.63) is 71.8 Å². The van der Waals surface area contributed by atoms with Gasteiger partial charge in [-0.2, -0.15) is 0 Å². The molecule has 2 aromatic rings. The van der Waals surface area contributed by atoms with Gasteiger partial charge in [0, 0.05) is 12.8 Å². The first-order valence-corrected chi connectivity index (χ1v) is 7.35. The molecule has 0 atom stereocenters. The van der Waals surface area contributed by atoms with E-state index in [2.05, 4.69) is 0 Å². The maximum atomic E-state index is 11.8. The second kappa shape index (κ2) is 8.03. The molecule has 2 rings (SSSR count). The molecule has 0 amide bonds. The van der Waals surface area contributed by atoms with Crippen LogP contribution in [0.15, 0.2) is 60.7 Å². The van der Waals surface area contributed by atoms with Gasteiger partial charge in [0.25, 0.3) is 5.78 Å². The quantitative estimate of drug-likeness (QED) is 0.555. The van der Waals surface area contributed by atoms with Gasteiger partial charge in [0.15, 0.2) is 0 Å². The minimum absolute atomic E-state index is 0.0833. The van der Waals surface area contributed by atoms with Crippen LogP contribution >= 0.6 is 0 Å². The molecule has 3 heteroatoms. The van der Waals surface area contributed by atoms with Crippen molar-refractivity contribution in [3.8, 4) is 0 Å². The molecule has 112 valence electrons. The Morgan fingerprint density at radius 2 is 0.955 bits per heavy atom. The smallest absolute Gasteiger partial charge is 0.264 e. The van der Waals surface area contributed by atoms with Crippen molar-refractivity contribution in [3.63, 3.8) is 0 Å². The Hall–Kier alpha value is -2.55. The summed E-state index contributed by atoms with van der Waals surface area (Å²) in [6.07, 6.45) is 1.13. The van der Waals surface area contributed by atoms with Crippen molar-refractivity contribution < 1.29 is 14.4 Å². The van der Waals surface area contributed by atoms with Gasteiger partial charge in [-0.05, 0) is 24.0 Å².